The van der Waals surface area contributed by atoms with E-state index in [2.05, 4.69) is 0 Å². The lowest BCUT2D eigenvalue weighted by molar-refractivity contribution is 0.0734. The Morgan fingerprint density at radius 1 is 1.13 bits per heavy atom. The molecule has 0 amide bonds. The van der Waals surface area contributed by atoms with E-state index in [1.165, 1.54) is 42.5 Å². The van der Waals surface area contributed by atoms with Crippen LogP contribution >= 0.6 is 11.6 Å². The van der Waals surface area contributed by atoms with Crippen molar-refractivity contribution in [3.63, 3.8) is 0 Å². The fraction of sp³-hybridized carbons (Fsp3) is 0.0435. The number of halogens is 3. The molecule has 154 valence electrons. The zero-order valence-electron chi connectivity index (χ0n) is 15.7. The quantitative estimate of drug-likeness (QED) is 0.456. The number of rotatable bonds is 3. The second-order valence-corrected chi connectivity index (χ2v) is 7.06. The van der Waals surface area contributed by atoms with Crippen LogP contribution in [0.2, 0.25) is 5.02 Å². The predicted octanol–water partition coefficient (Wildman–Crippen LogP) is 5.06. The smallest absolute Gasteiger partial charge is 0.343 e. The van der Waals surface area contributed by atoms with Crippen molar-refractivity contribution < 1.29 is 23.0 Å². The zero-order chi connectivity index (χ0) is 22.1. The molecule has 0 bridgehead atoms. The van der Waals surface area contributed by atoms with Gasteiger partial charge in [0, 0.05) is 22.2 Å². The average molecular weight is 439 g/mol. The molecule has 0 saturated heterocycles. The summed E-state index contributed by atoms with van der Waals surface area (Å²) in [5.74, 6) is -2.58. The molecule has 1 aliphatic heterocycles. The van der Waals surface area contributed by atoms with E-state index in [4.69, 9.17) is 26.8 Å². The van der Waals surface area contributed by atoms with Crippen LogP contribution in [0.3, 0.4) is 0 Å². The lowest BCUT2D eigenvalue weighted by atomic mass is 9.83. The third-order valence-corrected chi connectivity index (χ3v) is 5.10. The summed E-state index contributed by atoms with van der Waals surface area (Å²) in [6.07, 6.45) is 0. The van der Waals surface area contributed by atoms with Crippen LogP contribution in [-0.4, -0.2) is 5.97 Å². The summed E-state index contributed by atoms with van der Waals surface area (Å²) in [6.45, 7) is 0. The van der Waals surface area contributed by atoms with E-state index in [1.54, 1.807) is 6.07 Å². The monoisotopic (exact) mass is 438 g/mol. The Kier molecular flexibility index (Phi) is 5.32. The maximum Gasteiger partial charge on any atom is 0.343 e. The minimum absolute atomic E-state index is 0.00977. The summed E-state index contributed by atoms with van der Waals surface area (Å²) < 4.78 is 38.6. The van der Waals surface area contributed by atoms with Crippen molar-refractivity contribution in [1.82, 2.24) is 0 Å². The summed E-state index contributed by atoms with van der Waals surface area (Å²) >= 11 is 6.23. The number of esters is 1. The summed E-state index contributed by atoms with van der Waals surface area (Å²) in [6, 6.07) is 15.5. The van der Waals surface area contributed by atoms with Gasteiger partial charge in [-0.1, -0.05) is 23.7 Å². The average Bonchev–Trinajstić information content (AvgIpc) is 2.73. The summed E-state index contributed by atoms with van der Waals surface area (Å²) in [4.78, 5) is 12.3. The molecule has 2 N–H and O–H groups in total. The highest BCUT2D eigenvalue weighted by Gasteiger charge is 2.34. The Labute approximate surface area is 180 Å². The topological polar surface area (TPSA) is 85.3 Å². The van der Waals surface area contributed by atoms with Crippen LogP contribution in [-0.2, 0) is 0 Å². The van der Waals surface area contributed by atoms with E-state index in [-0.39, 0.29) is 39.1 Å². The molecular formula is C23H13ClF2N2O3. The van der Waals surface area contributed by atoms with E-state index < -0.39 is 23.5 Å². The van der Waals surface area contributed by atoms with Crippen LogP contribution in [0.15, 0.2) is 72.1 Å². The minimum Gasteiger partial charge on any atom is -0.440 e. The largest absolute Gasteiger partial charge is 0.440 e. The van der Waals surface area contributed by atoms with Crippen molar-refractivity contribution in [2.24, 2.45) is 5.73 Å². The van der Waals surface area contributed by atoms with Crippen molar-refractivity contribution in [1.29, 1.82) is 5.26 Å². The molecule has 0 radical (unpaired) electrons. The predicted molar refractivity (Wildman–Crippen MR) is 109 cm³/mol. The Balaban J connectivity index is 1.73. The molecule has 0 unspecified atom stereocenters. The lowest BCUT2D eigenvalue weighted by Gasteiger charge is -2.27. The van der Waals surface area contributed by atoms with Gasteiger partial charge in [0.2, 0.25) is 5.88 Å². The lowest BCUT2D eigenvalue weighted by Crippen LogP contribution is -2.22. The van der Waals surface area contributed by atoms with Crippen molar-refractivity contribution in [2.75, 3.05) is 0 Å². The molecule has 1 heterocycles. The van der Waals surface area contributed by atoms with Gasteiger partial charge in [-0.05, 0) is 42.5 Å². The van der Waals surface area contributed by atoms with Gasteiger partial charge in [0.1, 0.15) is 34.8 Å². The van der Waals surface area contributed by atoms with Gasteiger partial charge in [-0.2, -0.15) is 5.26 Å². The van der Waals surface area contributed by atoms with Crippen LogP contribution in [0, 0.1) is 23.0 Å². The first-order valence-corrected chi connectivity index (χ1v) is 9.40. The van der Waals surface area contributed by atoms with Gasteiger partial charge in [0.15, 0.2) is 0 Å². The summed E-state index contributed by atoms with van der Waals surface area (Å²) in [5.41, 5.74) is 6.60. The van der Waals surface area contributed by atoms with Crippen LogP contribution in [0.1, 0.15) is 27.4 Å². The number of carbonyl (C=O) groups is 1. The van der Waals surface area contributed by atoms with Gasteiger partial charge in [-0.15, -0.1) is 0 Å². The molecule has 1 aliphatic rings. The normalized spacial score (nSPS) is 15.0. The van der Waals surface area contributed by atoms with Gasteiger partial charge < -0.3 is 15.2 Å². The Morgan fingerprint density at radius 3 is 2.55 bits per heavy atom. The van der Waals surface area contributed by atoms with Gasteiger partial charge in [-0.25, -0.2) is 13.6 Å². The van der Waals surface area contributed by atoms with Crippen LogP contribution < -0.4 is 15.2 Å². The van der Waals surface area contributed by atoms with Gasteiger partial charge in [-0.3, -0.25) is 0 Å². The van der Waals surface area contributed by atoms with Crippen LogP contribution in [0.25, 0.3) is 0 Å². The first kappa shape index (κ1) is 20.4. The molecule has 31 heavy (non-hydrogen) atoms. The van der Waals surface area contributed by atoms with E-state index in [0.717, 1.165) is 12.1 Å². The molecule has 3 aromatic rings. The van der Waals surface area contributed by atoms with Gasteiger partial charge in [0.25, 0.3) is 0 Å². The Bertz CT molecular complexity index is 1250. The Hall–Kier alpha value is -3.89. The zero-order valence-corrected chi connectivity index (χ0v) is 16.5. The molecule has 1 atom stereocenters. The highest BCUT2D eigenvalue weighted by Crippen LogP contribution is 2.46. The molecule has 0 saturated carbocycles. The highest BCUT2D eigenvalue weighted by molar-refractivity contribution is 6.31. The van der Waals surface area contributed by atoms with E-state index in [0.29, 0.717) is 5.56 Å². The number of hydrogen-bond acceptors (Lipinski definition) is 5. The number of ether oxygens (including phenoxy) is 2. The number of benzene rings is 3. The van der Waals surface area contributed by atoms with Gasteiger partial charge in [0.05, 0.1) is 11.5 Å². The maximum atomic E-state index is 14.6. The number of carbonyl (C=O) groups excluding carboxylic acids is 1. The van der Waals surface area contributed by atoms with Crippen LogP contribution in [0.4, 0.5) is 8.78 Å². The standard InChI is InChI=1S/C23H13ClF2N2O3/c24-17-2-1-3-18(26)21(17)20-15-9-8-14(10-19(15)31-22(28)16(20)11-27)30-23(29)12-4-6-13(25)7-5-12/h1-10,20H,28H2/t20-/m0/s1. The van der Waals surface area contributed by atoms with Crippen molar-refractivity contribution >= 4 is 17.6 Å². The molecule has 0 aliphatic carbocycles. The molecule has 5 nitrogen and oxygen atoms in total. The molecule has 8 heteroatoms. The van der Waals surface area contributed by atoms with E-state index >= 15 is 0 Å². The number of fused-ring (bicyclic) bond motifs is 1. The third kappa shape index (κ3) is 3.81. The van der Waals surface area contributed by atoms with Crippen molar-refractivity contribution in [3.8, 4) is 17.6 Å². The summed E-state index contributed by atoms with van der Waals surface area (Å²) in [7, 11) is 0. The fourth-order valence-electron chi connectivity index (χ4n) is 3.33. The third-order valence-electron chi connectivity index (χ3n) is 4.77. The number of nitrogens with zero attached hydrogens (tertiary/aromatic N) is 1. The molecular weight excluding hydrogens is 426 g/mol. The first-order valence-electron chi connectivity index (χ1n) is 9.02. The highest BCUT2D eigenvalue weighted by atomic mass is 35.5. The number of allylic oxidation sites excluding steroid dienone is 1. The minimum atomic E-state index is -0.899. The van der Waals surface area contributed by atoms with Crippen molar-refractivity contribution in [2.45, 2.75) is 5.92 Å². The number of hydrogen-bond donors (Lipinski definition) is 1. The second-order valence-electron chi connectivity index (χ2n) is 6.66. The SMILES string of the molecule is N#CC1=C(N)Oc2cc(OC(=O)c3ccc(F)cc3)ccc2[C@@H]1c1c(F)cccc1Cl. The van der Waals surface area contributed by atoms with E-state index in [1.807, 2.05) is 6.07 Å². The van der Waals surface area contributed by atoms with Crippen LogP contribution in [0.5, 0.6) is 11.5 Å². The second kappa shape index (κ2) is 8.09. The number of nitriles is 1. The molecule has 0 spiro atoms. The maximum absolute atomic E-state index is 14.6. The molecule has 0 aromatic heterocycles. The molecule has 0 fully saturated rings. The fourth-order valence-corrected chi connectivity index (χ4v) is 3.61. The summed E-state index contributed by atoms with van der Waals surface area (Å²) in [5, 5.41) is 9.72. The molecule has 3 aromatic carbocycles. The Morgan fingerprint density at radius 2 is 1.87 bits per heavy atom. The van der Waals surface area contributed by atoms with E-state index in [9.17, 15) is 18.8 Å². The number of nitrogens with two attached hydrogens (primary N) is 1. The van der Waals surface area contributed by atoms with Gasteiger partial charge >= 0.3 is 5.97 Å². The molecule has 4 rings (SSSR count). The van der Waals surface area contributed by atoms with Crippen molar-refractivity contribution in [3.05, 3.63) is 105 Å². The first-order chi connectivity index (χ1) is 14.9.